The number of aryl methyl sites for hydroxylation is 1. The Balaban J connectivity index is 2.00. The van der Waals surface area contributed by atoms with Crippen molar-refractivity contribution in [1.29, 1.82) is 0 Å². The fourth-order valence-electron chi connectivity index (χ4n) is 2.09. The van der Waals surface area contributed by atoms with Gasteiger partial charge in [-0.1, -0.05) is 22.6 Å². The fourth-order valence-corrected chi connectivity index (χ4v) is 4.06. The van der Waals surface area contributed by atoms with E-state index in [0.717, 1.165) is 4.21 Å². The van der Waals surface area contributed by atoms with Crippen LogP contribution in [0.4, 0.5) is 5.69 Å². The molecule has 0 fully saturated rings. The first-order valence-corrected chi connectivity index (χ1v) is 10.2. The van der Waals surface area contributed by atoms with Crippen LogP contribution >= 0.6 is 22.0 Å². The zero-order valence-electron chi connectivity index (χ0n) is 14.8. The molecule has 2 rings (SSSR count). The fraction of sp³-hybridized carbons (Fsp3) is 0.250. The maximum atomic E-state index is 12.7. The molecule has 2 heterocycles. The van der Waals surface area contributed by atoms with Gasteiger partial charge in [0.15, 0.2) is 0 Å². The van der Waals surface area contributed by atoms with Crippen LogP contribution in [0.25, 0.3) is 0 Å². The second-order valence-electron chi connectivity index (χ2n) is 5.40. The number of hydrogen-bond donors (Lipinski definition) is 4. The third-order valence-electron chi connectivity index (χ3n) is 3.35. The number of amides is 1. The van der Waals surface area contributed by atoms with Gasteiger partial charge in [-0.05, 0) is 35.7 Å². The molecule has 2 aromatic heterocycles. The van der Waals surface area contributed by atoms with Crippen molar-refractivity contribution in [1.82, 2.24) is 9.88 Å². The molecule has 1 unspecified atom stereocenters. The van der Waals surface area contributed by atoms with Crippen LogP contribution in [-0.2, 0) is 16.2 Å². The maximum absolute atomic E-state index is 12.7. The van der Waals surface area contributed by atoms with Crippen molar-refractivity contribution in [3.05, 3.63) is 45.7 Å². The molecule has 9 nitrogen and oxygen atoms in total. The van der Waals surface area contributed by atoms with Crippen LogP contribution in [-0.4, -0.2) is 35.5 Å². The van der Waals surface area contributed by atoms with Crippen molar-refractivity contribution in [2.75, 3.05) is 17.9 Å². The summed E-state index contributed by atoms with van der Waals surface area (Å²) in [6.45, 7) is 1.99. The number of pyridine rings is 1. The van der Waals surface area contributed by atoms with Crippen molar-refractivity contribution >= 4 is 45.4 Å². The Hall–Kier alpha value is -2.79. The normalized spacial score (nSPS) is 11.4. The van der Waals surface area contributed by atoms with E-state index in [0.29, 0.717) is 11.4 Å². The number of nitrogens with two attached hydrogens (primary N) is 2. The van der Waals surface area contributed by atoms with E-state index in [1.165, 1.54) is 4.57 Å². The largest absolute Gasteiger partial charge is 0.391 e. The van der Waals surface area contributed by atoms with Crippen LogP contribution in [0, 0.1) is 6.92 Å². The summed E-state index contributed by atoms with van der Waals surface area (Å²) in [4.78, 5) is 29.6. The molecular formula is C16H22N6O3S2. The highest BCUT2D eigenvalue weighted by Crippen LogP contribution is 2.29. The quantitative estimate of drug-likeness (QED) is 0.157. The van der Waals surface area contributed by atoms with E-state index in [9.17, 15) is 9.59 Å². The summed E-state index contributed by atoms with van der Waals surface area (Å²) in [5.41, 5.74) is 11.0. The Morgan fingerprint density at radius 3 is 2.85 bits per heavy atom. The molecule has 11 heteroatoms. The molecule has 0 aliphatic rings. The predicted molar refractivity (Wildman–Crippen MR) is 111 cm³/mol. The van der Waals surface area contributed by atoms with Gasteiger partial charge < -0.3 is 30.9 Å². The number of aromatic nitrogens is 1. The monoisotopic (exact) mass is 410 g/mol. The van der Waals surface area contributed by atoms with Crippen molar-refractivity contribution in [2.24, 2.45) is 16.6 Å². The summed E-state index contributed by atoms with van der Waals surface area (Å²) in [6, 6.07) is 7.37. The zero-order chi connectivity index (χ0) is 19.8. The van der Waals surface area contributed by atoms with E-state index in [1.54, 1.807) is 30.4 Å². The van der Waals surface area contributed by atoms with Crippen LogP contribution in [0.5, 0.6) is 0 Å². The zero-order valence-corrected chi connectivity index (χ0v) is 16.4. The molecule has 0 aromatic carbocycles. The summed E-state index contributed by atoms with van der Waals surface area (Å²) in [6.07, 6.45) is 0. The Morgan fingerprint density at radius 1 is 1.41 bits per heavy atom. The van der Waals surface area contributed by atoms with Crippen LogP contribution in [0.15, 0.2) is 43.8 Å². The number of oxime groups is 1. The van der Waals surface area contributed by atoms with Gasteiger partial charge in [-0.2, -0.15) is 0 Å². The minimum atomic E-state index is -0.547. The number of thiophene rings is 1. The van der Waals surface area contributed by atoms with Crippen LogP contribution in [0.1, 0.15) is 5.69 Å². The average molecular weight is 411 g/mol. The lowest BCUT2D eigenvalue weighted by atomic mass is 10.3. The summed E-state index contributed by atoms with van der Waals surface area (Å²) in [7, 11) is -0.547. The third kappa shape index (κ3) is 6.15. The van der Waals surface area contributed by atoms with Crippen LogP contribution < -0.4 is 27.1 Å². The predicted octanol–water partition coefficient (Wildman–Crippen LogP) is 0.626. The van der Waals surface area contributed by atoms with Gasteiger partial charge in [0.25, 0.3) is 5.56 Å². The third-order valence-corrected chi connectivity index (χ3v) is 5.99. The number of nitrogens with one attached hydrogen (secondary N) is 2. The molecule has 6 N–H and O–H groups in total. The van der Waals surface area contributed by atoms with E-state index in [2.05, 4.69) is 21.1 Å². The van der Waals surface area contributed by atoms with Gasteiger partial charge in [-0.3, -0.25) is 9.59 Å². The number of nitrogens with zero attached hydrogens (tertiary/aromatic N) is 2. The highest BCUT2D eigenvalue weighted by Gasteiger charge is 2.11. The van der Waals surface area contributed by atoms with Crippen molar-refractivity contribution in [3.63, 3.8) is 0 Å². The van der Waals surface area contributed by atoms with Gasteiger partial charge in [-0.25, -0.2) is 0 Å². The summed E-state index contributed by atoms with van der Waals surface area (Å²) >= 11 is 1.57. The second kappa shape index (κ2) is 9.78. The van der Waals surface area contributed by atoms with E-state index in [4.69, 9.17) is 16.3 Å². The molecule has 1 atom stereocenters. The molecule has 0 aliphatic heterocycles. The first kappa shape index (κ1) is 20.5. The number of carbonyl (C=O) groups is 1. The number of guanidine groups is 1. The standard InChI is InChI=1S/C16H22N6O3S2/c1-11-5-6-12(21-27(2)14-4-3-9-26-14)15(24)22(11)10-13(23)19-7-8-25-20-16(17)18/h3-6,9,21H,2,7-8,10H2,1H3,(H,19,23)(H4,17,18,20). The Bertz CT molecular complexity index is 888. The number of hydrogen-bond acceptors (Lipinski definition) is 6. The maximum Gasteiger partial charge on any atom is 0.275 e. The van der Waals surface area contributed by atoms with Crippen molar-refractivity contribution in [3.8, 4) is 0 Å². The smallest absolute Gasteiger partial charge is 0.275 e. The van der Waals surface area contributed by atoms with Gasteiger partial charge in [0.1, 0.15) is 18.8 Å². The summed E-state index contributed by atoms with van der Waals surface area (Å²) in [5.74, 6) is 3.54. The molecule has 2 aromatic rings. The van der Waals surface area contributed by atoms with Gasteiger partial charge in [0.05, 0.1) is 10.8 Å². The lowest BCUT2D eigenvalue weighted by Crippen LogP contribution is -2.35. The molecule has 0 saturated heterocycles. The number of anilines is 1. The summed E-state index contributed by atoms with van der Waals surface area (Å²) < 4.78 is 5.57. The van der Waals surface area contributed by atoms with Crippen molar-refractivity contribution in [2.45, 2.75) is 17.7 Å². The molecular weight excluding hydrogens is 388 g/mol. The lowest BCUT2D eigenvalue weighted by molar-refractivity contribution is -0.122. The Labute approximate surface area is 163 Å². The van der Waals surface area contributed by atoms with Gasteiger partial charge in [0, 0.05) is 5.69 Å². The van der Waals surface area contributed by atoms with Gasteiger partial charge in [-0.15, -0.1) is 11.3 Å². The minimum Gasteiger partial charge on any atom is -0.391 e. The topological polar surface area (TPSA) is 137 Å². The van der Waals surface area contributed by atoms with Crippen molar-refractivity contribution < 1.29 is 9.63 Å². The molecule has 0 spiro atoms. The molecule has 0 bridgehead atoms. The second-order valence-corrected chi connectivity index (χ2v) is 8.04. The minimum absolute atomic E-state index is 0.105. The Kier molecular flexibility index (Phi) is 7.44. The SMILES string of the molecule is C=S(Nc1ccc(C)n(CC(=O)NCCON=C(N)N)c1=O)c1cccs1. The number of rotatable bonds is 9. The molecule has 0 aliphatic carbocycles. The number of carbonyl (C=O) groups excluding carboxylic acids is 1. The highest BCUT2D eigenvalue weighted by molar-refractivity contribution is 8.16. The molecule has 146 valence electrons. The van der Waals surface area contributed by atoms with Gasteiger partial charge in [0.2, 0.25) is 11.9 Å². The Morgan fingerprint density at radius 2 is 2.19 bits per heavy atom. The first-order valence-electron chi connectivity index (χ1n) is 7.90. The van der Waals surface area contributed by atoms with Crippen LogP contribution in [0.2, 0.25) is 0 Å². The molecule has 1 amide bonds. The molecule has 0 radical (unpaired) electrons. The van der Waals surface area contributed by atoms with Gasteiger partial charge >= 0.3 is 0 Å². The lowest BCUT2D eigenvalue weighted by Gasteiger charge is -2.14. The van der Waals surface area contributed by atoms with E-state index in [1.807, 2.05) is 17.5 Å². The van der Waals surface area contributed by atoms with Crippen LogP contribution in [0.3, 0.4) is 0 Å². The van der Waals surface area contributed by atoms with E-state index < -0.39 is 10.7 Å². The van der Waals surface area contributed by atoms with E-state index >= 15 is 0 Å². The van der Waals surface area contributed by atoms with E-state index in [-0.39, 0.29) is 37.1 Å². The molecule has 0 saturated carbocycles. The first-order chi connectivity index (χ1) is 12.9. The highest BCUT2D eigenvalue weighted by atomic mass is 32.2. The molecule has 27 heavy (non-hydrogen) atoms. The summed E-state index contributed by atoms with van der Waals surface area (Å²) in [5, 5.41) is 7.94. The average Bonchev–Trinajstić information content (AvgIpc) is 3.15.